The molecule has 68 valence electrons. The van der Waals surface area contributed by atoms with E-state index in [9.17, 15) is 0 Å². The third kappa shape index (κ3) is 1.67. The topological polar surface area (TPSA) is 0 Å². The van der Waals surface area contributed by atoms with Gasteiger partial charge in [-0.1, -0.05) is 35.4 Å². The number of rotatable bonds is 1. The molecule has 0 unspecified atom stereocenters. The first-order valence-electron chi connectivity index (χ1n) is 5.03. The predicted molar refractivity (Wildman–Crippen MR) is 57.6 cm³/mol. The Bertz CT molecular complexity index is 345. The number of allylic oxidation sites excluding steroid dienone is 2. The van der Waals surface area contributed by atoms with Crippen LogP contribution in [0.3, 0.4) is 0 Å². The zero-order valence-electron chi connectivity index (χ0n) is 8.43. The third-order valence-electron chi connectivity index (χ3n) is 2.86. The van der Waals surface area contributed by atoms with Gasteiger partial charge in [0.25, 0.3) is 0 Å². The van der Waals surface area contributed by atoms with Crippen LogP contribution in [0.25, 0.3) is 5.57 Å². The molecule has 0 bridgehead atoms. The molecule has 0 N–H and O–H groups in total. The molecule has 0 amide bonds. The van der Waals surface area contributed by atoms with Crippen LogP contribution in [0.5, 0.6) is 0 Å². The van der Waals surface area contributed by atoms with E-state index in [-0.39, 0.29) is 0 Å². The smallest absolute Gasteiger partial charge is 0.0222 e. The molecule has 13 heavy (non-hydrogen) atoms. The quantitative estimate of drug-likeness (QED) is 0.601. The molecule has 0 spiro atoms. The van der Waals surface area contributed by atoms with Gasteiger partial charge < -0.3 is 0 Å². The lowest BCUT2D eigenvalue weighted by molar-refractivity contribution is 0.910. The van der Waals surface area contributed by atoms with Crippen LogP contribution in [0.15, 0.2) is 29.8 Å². The van der Waals surface area contributed by atoms with Gasteiger partial charge in [0.15, 0.2) is 0 Å². The monoisotopic (exact) mass is 172 g/mol. The highest BCUT2D eigenvalue weighted by Gasteiger charge is 2.11. The van der Waals surface area contributed by atoms with Crippen molar-refractivity contribution in [2.45, 2.75) is 33.1 Å². The second-order valence-electron chi connectivity index (χ2n) is 3.98. The molecule has 0 aromatic heterocycles. The van der Waals surface area contributed by atoms with E-state index in [1.165, 1.54) is 30.4 Å². The van der Waals surface area contributed by atoms with E-state index in [4.69, 9.17) is 0 Å². The summed E-state index contributed by atoms with van der Waals surface area (Å²) in [5.41, 5.74) is 5.98. The van der Waals surface area contributed by atoms with E-state index in [0.717, 1.165) is 0 Å². The summed E-state index contributed by atoms with van der Waals surface area (Å²) in [6, 6.07) is 8.85. The SMILES string of the molecule is CC1=C(c2cccc(C)c2)CCC1. The van der Waals surface area contributed by atoms with Crippen molar-refractivity contribution < 1.29 is 0 Å². The molecule has 0 radical (unpaired) electrons. The second-order valence-corrected chi connectivity index (χ2v) is 3.98. The minimum absolute atomic E-state index is 1.27. The largest absolute Gasteiger partial charge is 0.0695 e. The van der Waals surface area contributed by atoms with Crippen LogP contribution in [0, 0.1) is 6.92 Å². The van der Waals surface area contributed by atoms with Crippen LogP contribution in [-0.2, 0) is 0 Å². The van der Waals surface area contributed by atoms with Crippen molar-refractivity contribution in [2.24, 2.45) is 0 Å². The number of aryl methyl sites for hydroxylation is 1. The van der Waals surface area contributed by atoms with Crippen molar-refractivity contribution in [3.63, 3.8) is 0 Å². The van der Waals surface area contributed by atoms with Crippen LogP contribution in [0.4, 0.5) is 0 Å². The molecule has 0 fully saturated rings. The van der Waals surface area contributed by atoms with Crippen molar-refractivity contribution >= 4 is 5.57 Å². The molecule has 1 aromatic carbocycles. The second kappa shape index (κ2) is 3.37. The fraction of sp³-hybridized carbons (Fsp3) is 0.385. The fourth-order valence-corrected chi connectivity index (χ4v) is 2.12. The van der Waals surface area contributed by atoms with Crippen molar-refractivity contribution in [3.05, 3.63) is 41.0 Å². The van der Waals surface area contributed by atoms with Crippen molar-refractivity contribution in [2.75, 3.05) is 0 Å². The predicted octanol–water partition coefficient (Wildman–Crippen LogP) is 3.95. The lowest BCUT2D eigenvalue weighted by Crippen LogP contribution is -1.83. The zero-order chi connectivity index (χ0) is 9.26. The van der Waals surface area contributed by atoms with E-state index in [1.54, 1.807) is 11.1 Å². The maximum absolute atomic E-state index is 2.30. The summed E-state index contributed by atoms with van der Waals surface area (Å²) < 4.78 is 0. The fourth-order valence-electron chi connectivity index (χ4n) is 2.12. The van der Waals surface area contributed by atoms with Crippen LogP contribution in [-0.4, -0.2) is 0 Å². The summed E-state index contributed by atoms with van der Waals surface area (Å²) in [4.78, 5) is 0. The van der Waals surface area contributed by atoms with Gasteiger partial charge in [-0.05, 0) is 44.2 Å². The van der Waals surface area contributed by atoms with Gasteiger partial charge in [0.1, 0.15) is 0 Å². The lowest BCUT2D eigenvalue weighted by Gasteiger charge is -2.04. The standard InChI is InChI=1S/C13H16/c1-10-5-3-7-12(9-10)13-8-4-6-11(13)2/h3,5,7,9H,4,6,8H2,1-2H3. The van der Waals surface area contributed by atoms with Gasteiger partial charge in [-0.15, -0.1) is 0 Å². The minimum atomic E-state index is 1.27. The summed E-state index contributed by atoms with van der Waals surface area (Å²) >= 11 is 0. The van der Waals surface area contributed by atoms with Crippen LogP contribution in [0.2, 0.25) is 0 Å². The van der Waals surface area contributed by atoms with Gasteiger partial charge in [0.2, 0.25) is 0 Å². The zero-order valence-corrected chi connectivity index (χ0v) is 8.43. The average Bonchev–Trinajstić information content (AvgIpc) is 2.51. The molecule has 0 heteroatoms. The molecule has 0 atom stereocenters. The first-order chi connectivity index (χ1) is 6.27. The van der Waals surface area contributed by atoms with E-state index < -0.39 is 0 Å². The maximum atomic E-state index is 2.30. The molecule has 0 heterocycles. The molecule has 0 aliphatic heterocycles. The Kier molecular flexibility index (Phi) is 2.22. The Labute approximate surface area is 80.3 Å². The molecule has 0 nitrogen and oxygen atoms in total. The molecular weight excluding hydrogens is 156 g/mol. The van der Waals surface area contributed by atoms with Crippen LogP contribution in [0.1, 0.15) is 37.3 Å². The highest BCUT2D eigenvalue weighted by Crippen LogP contribution is 2.33. The van der Waals surface area contributed by atoms with Crippen molar-refractivity contribution in [3.8, 4) is 0 Å². The Morgan fingerprint density at radius 2 is 1.92 bits per heavy atom. The van der Waals surface area contributed by atoms with Crippen LogP contribution < -0.4 is 0 Å². The Hall–Kier alpha value is -1.04. The van der Waals surface area contributed by atoms with Gasteiger partial charge in [0.05, 0.1) is 0 Å². The van der Waals surface area contributed by atoms with E-state index in [0.29, 0.717) is 0 Å². The highest BCUT2D eigenvalue weighted by atomic mass is 14.2. The number of benzene rings is 1. The normalized spacial score (nSPS) is 16.8. The van der Waals surface area contributed by atoms with Crippen LogP contribution >= 0.6 is 0 Å². The summed E-state index contributed by atoms with van der Waals surface area (Å²) in [6.45, 7) is 4.43. The Balaban J connectivity index is 2.40. The Morgan fingerprint density at radius 1 is 1.08 bits per heavy atom. The Morgan fingerprint density at radius 3 is 2.54 bits per heavy atom. The van der Waals surface area contributed by atoms with Crippen molar-refractivity contribution in [1.82, 2.24) is 0 Å². The van der Waals surface area contributed by atoms with Gasteiger partial charge in [-0.25, -0.2) is 0 Å². The maximum Gasteiger partial charge on any atom is -0.0222 e. The summed E-state index contributed by atoms with van der Waals surface area (Å²) in [7, 11) is 0. The number of hydrogen-bond donors (Lipinski definition) is 0. The molecule has 1 aliphatic carbocycles. The summed E-state index contributed by atoms with van der Waals surface area (Å²) in [5, 5.41) is 0. The molecule has 1 aliphatic rings. The van der Waals surface area contributed by atoms with Gasteiger partial charge in [-0.2, -0.15) is 0 Å². The average molecular weight is 172 g/mol. The van der Waals surface area contributed by atoms with E-state index >= 15 is 0 Å². The van der Waals surface area contributed by atoms with E-state index in [1.807, 2.05) is 0 Å². The molecular formula is C13H16. The molecule has 2 rings (SSSR count). The van der Waals surface area contributed by atoms with Gasteiger partial charge in [-0.3, -0.25) is 0 Å². The van der Waals surface area contributed by atoms with Crippen molar-refractivity contribution in [1.29, 1.82) is 0 Å². The lowest BCUT2D eigenvalue weighted by atomic mass is 10.0. The highest BCUT2D eigenvalue weighted by molar-refractivity contribution is 5.70. The summed E-state index contributed by atoms with van der Waals surface area (Å²) in [5.74, 6) is 0. The van der Waals surface area contributed by atoms with Gasteiger partial charge >= 0.3 is 0 Å². The molecule has 0 saturated heterocycles. The summed E-state index contributed by atoms with van der Waals surface area (Å²) in [6.07, 6.45) is 3.91. The van der Waals surface area contributed by atoms with E-state index in [2.05, 4.69) is 38.1 Å². The molecule has 0 saturated carbocycles. The van der Waals surface area contributed by atoms with Gasteiger partial charge in [0, 0.05) is 0 Å². The number of hydrogen-bond acceptors (Lipinski definition) is 0. The third-order valence-corrected chi connectivity index (χ3v) is 2.86. The minimum Gasteiger partial charge on any atom is -0.0695 e. The first kappa shape index (κ1) is 8.55. The molecule has 1 aromatic rings. The first-order valence-corrected chi connectivity index (χ1v) is 5.03.